The van der Waals surface area contributed by atoms with Crippen molar-refractivity contribution in [2.75, 3.05) is 6.54 Å². The van der Waals surface area contributed by atoms with E-state index in [-0.39, 0.29) is 0 Å². The molecule has 3 nitrogen and oxygen atoms in total. The van der Waals surface area contributed by atoms with Crippen molar-refractivity contribution in [3.8, 4) is 0 Å². The van der Waals surface area contributed by atoms with Gasteiger partial charge in [0, 0.05) is 54.5 Å². The zero-order valence-electron chi connectivity index (χ0n) is 14.8. The number of pyridine rings is 1. The van der Waals surface area contributed by atoms with E-state index in [1.54, 1.807) is 0 Å². The Hall–Kier alpha value is -2.13. The summed E-state index contributed by atoms with van der Waals surface area (Å²) >= 11 is 0. The van der Waals surface area contributed by atoms with Gasteiger partial charge in [-0.25, -0.2) is 0 Å². The zero-order chi connectivity index (χ0) is 16.7. The van der Waals surface area contributed by atoms with Crippen LogP contribution in [0.15, 0.2) is 30.5 Å². The van der Waals surface area contributed by atoms with Gasteiger partial charge in [0.2, 0.25) is 0 Å². The Bertz CT molecular complexity index is 888. The first-order valence-corrected chi connectivity index (χ1v) is 8.87. The van der Waals surface area contributed by atoms with Crippen molar-refractivity contribution in [1.29, 1.82) is 0 Å². The van der Waals surface area contributed by atoms with Gasteiger partial charge >= 0.3 is 0 Å². The summed E-state index contributed by atoms with van der Waals surface area (Å²) in [6.07, 6.45) is 4.17. The molecule has 0 radical (unpaired) electrons. The highest BCUT2D eigenvalue weighted by molar-refractivity contribution is 5.89. The Balaban J connectivity index is 1.77. The van der Waals surface area contributed by atoms with Crippen molar-refractivity contribution in [3.05, 3.63) is 64.1 Å². The van der Waals surface area contributed by atoms with Gasteiger partial charge in [0.25, 0.3) is 0 Å². The molecule has 0 amide bonds. The minimum Gasteiger partial charge on any atom is -0.344 e. The molecule has 2 aromatic heterocycles. The number of nitrogens with zero attached hydrogens (tertiary/aromatic N) is 2. The van der Waals surface area contributed by atoms with Crippen LogP contribution >= 0.6 is 0 Å². The maximum atomic E-state index is 4.44. The third kappa shape index (κ3) is 2.53. The number of aryl methyl sites for hydroxylation is 5. The molecule has 1 N–H and O–H groups in total. The summed E-state index contributed by atoms with van der Waals surface area (Å²) in [6.45, 7) is 9.62. The van der Waals surface area contributed by atoms with Gasteiger partial charge in [-0.3, -0.25) is 4.98 Å². The van der Waals surface area contributed by atoms with Crippen molar-refractivity contribution >= 4 is 10.9 Å². The van der Waals surface area contributed by atoms with E-state index in [1.165, 1.54) is 38.9 Å². The molecule has 3 aromatic rings. The molecular formula is C21H25N3. The van der Waals surface area contributed by atoms with E-state index >= 15 is 0 Å². The highest BCUT2D eigenvalue weighted by atomic mass is 15.0. The van der Waals surface area contributed by atoms with Crippen LogP contribution in [-0.4, -0.2) is 16.1 Å². The summed E-state index contributed by atoms with van der Waals surface area (Å²) < 4.78 is 2.55. The third-order valence-corrected chi connectivity index (χ3v) is 5.42. The molecule has 124 valence electrons. The molecule has 3 heterocycles. The summed E-state index contributed by atoms with van der Waals surface area (Å²) in [5.41, 5.74) is 9.65. The first-order chi connectivity index (χ1) is 11.6. The first kappa shape index (κ1) is 15.4. The maximum absolute atomic E-state index is 4.44. The molecule has 0 spiro atoms. The van der Waals surface area contributed by atoms with E-state index in [0.29, 0.717) is 0 Å². The second kappa shape index (κ2) is 6.06. The van der Waals surface area contributed by atoms with Crippen molar-refractivity contribution in [2.24, 2.45) is 0 Å². The number of nitrogens with one attached hydrogen (secondary N) is 1. The molecule has 1 aromatic carbocycles. The van der Waals surface area contributed by atoms with E-state index < -0.39 is 0 Å². The number of hydrogen-bond acceptors (Lipinski definition) is 2. The molecule has 0 unspecified atom stereocenters. The molecule has 4 rings (SSSR count). The Labute approximate surface area is 143 Å². The average molecular weight is 319 g/mol. The van der Waals surface area contributed by atoms with E-state index in [9.17, 15) is 0 Å². The normalized spacial score (nSPS) is 14.1. The van der Waals surface area contributed by atoms with Crippen LogP contribution in [0.5, 0.6) is 0 Å². The topological polar surface area (TPSA) is 29.9 Å². The van der Waals surface area contributed by atoms with E-state index in [1.807, 2.05) is 13.1 Å². The number of aromatic nitrogens is 2. The Morgan fingerprint density at radius 1 is 1.12 bits per heavy atom. The van der Waals surface area contributed by atoms with Crippen LogP contribution in [0, 0.1) is 20.8 Å². The summed E-state index contributed by atoms with van der Waals surface area (Å²) in [6, 6.07) is 8.89. The van der Waals surface area contributed by atoms with Gasteiger partial charge in [0.05, 0.1) is 0 Å². The first-order valence-electron chi connectivity index (χ1n) is 8.87. The average Bonchev–Trinajstić information content (AvgIpc) is 2.92. The molecule has 0 aliphatic carbocycles. The van der Waals surface area contributed by atoms with Crippen LogP contribution < -0.4 is 5.32 Å². The smallest absolute Gasteiger partial charge is 0.0488 e. The fourth-order valence-corrected chi connectivity index (χ4v) is 3.90. The minimum absolute atomic E-state index is 0.995. The Morgan fingerprint density at radius 2 is 2.00 bits per heavy atom. The van der Waals surface area contributed by atoms with Crippen LogP contribution in [0.3, 0.4) is 0 Å². The Morgan fingerprint density at radius 3 is 2.79 bits per heavy atom. The number of rotatable bonds is 3. The van der Waals surface area contributed by atoms with Crippen molar-refractivity contribution < 1.29 is 0 Å². The molecule has 0 bridgehead atoms. The lowest BCUT2D eigenvalue weighted by Gasteiger charge is -2.17. The maximum Gasteiger partial charge on any atom is 0.0488 e. The molecule has 0 saturated carbocycles. The van der Waals surface area contributed by atoms with Gasteiger partial charge in [0.15, 0.2) is 0 Å². The zero-order valence-corrected chi connectivity index (χ0v) is 14.8. The highest BCUT2D eigenvalue weighted by Gasteiger charge is 2.21. The van der Waals surface area contributed by atoms with Crippen molar-refractivity contribution in [1.82, 2.24) is 14.9 Å². The third-order valence-electron chi connectivity index (χ3n) is 5.42. The highest BCUT2D eigenvalue weighted by Crippen LogP contribution is 2.32. The number of hydrogen-bond donors (Lipinski definition) is 1. The van der Waals surface area contributed by atoms with Crippen LogP contribution in [0.1, 0.15) is 33.6 Å². The minimum atomic E-state index is 0.995. The molecule has 3 heteroatoms. The predicted octanol–water partition coefficient (Wildman–Crippen LogP) is 3.85. The van der Waals surface area contributed by atoms with Crippen molar-refractivity contribution in [3.63, 3.8) is 0 Å². The standard InChI is InChI=1S/C21H25N3/c1-14-4-7-20-21(16(14)3)18-13-22-10-8-19(18)24(20)11-9-17-6-5-15(2)23-12-17/h4-7,12,22H,8-11,13H2,1-3H3. The molecule has 1 aliphatic heterocycles. The lowest BCUT2D eigenvalue weighted by molar-refractivity contribution is 0.594. The second-order valence-corrected chi connectivity index (χ2v) is 6.96. The van der Waals surface area contributed by atoms with Crippen molar-refractivity contribution in [2.45, 2.75) is 46.7 Å². The summed E-state index contributed by atoms with van der Waals surface area (Å²) in [5, 5.41) is 5.02. The van der Waals surface area contributed by atoms with Gasteiger partial charge in [-0.05, 0) is 61.6 Å². The van der Waals surface area contributed by atoms with Crippen LogP contribution in [0.4, 0.5) is 0 Å². The predicted molar refractivity (Wildman–Crippen MR) is 99.5 cm³/mol. The quantitative estimate of drug-likeness (QED) is 0.794. The monoisotopic (exact) mass is 319 g/mol. The fraction of sp³-hybridized carbons (Fsp3) is 0.381. The van der Waals surface area contributed by atoms with Crippen LogP contribution in [-0.2, 0) is 25.9 Å². The lowest BCUT2D eigenvalue weighted by Crippen LogP contribution is -2.25. The molecule has 0 saturated heterocycles. The molecule has 0 atom stereocenters. The Kier molecular flexibility index (Phi) is 3.89. The van der Waals surface area contributed by atoms with Gasteiger partial charge in [-0.15, -0.1) is 0 Å². The van der Waals surface area contributed by atoms with E-state index in [4.69, 9.17) is 0 Å². The van der Waals surface area contributed by atoms with Crippen LogP contribution in [0.25, 0.3) is 10.9 Å². The van der Waals surface area contributed by atoms with Gasteiger partial charge in [0.1, 0.15) is 0 Å². The molecule has 1 aliphatic rings. The van der Waals surface area contributed by atoms with Gasteiger partial charge in [-0.2, -0.15) is 0 Å². The molecule has 24 heavy (non-hydrogen) atoms. The van der Waals surface area contributed by atoms with E-state index in [0.717, 1.165) is 38.2 Å². The molecular weight excluding hydrogens is 294 g/mol. The summed E-state index contributed by atoms with van der Waals surface area (Å²) in [7, 11) is 0. The van der Waals surface area contributed by atoms with Gasteiger partial charge in [-0.1, -0.05) is 12.1 Å². The fourth-order valence-electron chi connectivity index (χ4n) is 3.90. The van der Waals surface area contributed by atoms with E-state index in [2.05, 4.69) is 53.0 Å². The summed E-state index contributed by atoms with van der Waals surface area (Å²) in [4.78, 5) is 4.44. The number of fused-ring (bicyclic) bond motifs is 3. The summed E-state index contributed by atoms with van der Waals surface area (Å²) in [5.74, 6) is 0. The molecule has 0 fully saturated rings. The SMILES string of the molecule is Cc1ccc(CCn2c3c(c4c(C)c(C)ccc42)CNCC3)cn1. The second-order valence-electron chi connectivity index (χ2n) is 6.96. The van der Waals surface area contributed by atoms with Gasteiger partial charge < -0.3 is 9.88 Å². The largest absolute Gasteiger partial charge is 0.344 e. The number of benzene rings is 1. The lowest BCUT2D eigenvalue weighted by atomic mass is 9.99. The van der Waals surface area contributed by atoms with Crippen LogP contribution in [0.2, 0.25) is 0 Å².